The fourth-order valence-electron chi connectivity index (χ4n) is 3.02. The van der Waals surface area contributed by atoms with E-state index >= 15 is 0 Å². The van der Waals surface area contributed by atoms with Crippen molar-refractivity contribution in [1.82, 2.24) is 9.80 Å². The van der Waals surface area contributed by atoms with Crippen LogP contribution in [0.1, 0.15) is 24.2 Å². The highest BCUT2D eigenvalue weighted by Gasteiger charge is 2.32. The van der Waals surface area contributed by atoms with Crippen molar-refractivity contribution in [2.24, 2.45) is 0 Å². The minimum Gasteiger partial charge on any atom is -0.383 e. The Balaban J connectivity index is 2.09. The second-order valence-corrected chi connectivity index (χ2v) is 6.71. The Morgan fingerprint density at radius 2 is 1.95 bits per heavy atom. The zero-order chi connectivity index (χ0) is 16.3. The van der Waals surface area contributed by atoms with E-state index in [0.29, 0.717) is 29.7 Å². The highest BCUT2D eigenvalue weighted by molar-refractivity contribution is 9.10. The Hall–Kier alpha value is -0.980. The van der Waals surface area contributed by atoms with Gasteiger partial charge in [0.2, 0.25) is 0 Å². The molecule has 0 saturated carbocycles. The first-order valence-electron chi connectivity index (χ1n) is 7.42. The second-order valence-electron chi connectivity index (χ2n) is 5.80. The summed E-state index contributed by atoms with van der Waals surface area (Å²) in [5, 5.41) is 0. The van der Waals surface area contributed by atoms with E-state index in [1.807, 2.05) is 0 Å². The number of carbonyl (C=O) groups excluding carboxylic acids is 1. The number of carbonyl (C=O) groups is 1. The molecule has 2 rings (SSSR count). The topological polar surface area (TPSA) is 32.8 Å². The molecule has 1 saturated heterocycles. The van der Waals surface area contributed by atoms with Crippen molar-refractivity contribution in [3.63, 3.8) is 0 Å². The zero-order valence-electron chi connectivity index (χ0n) is 13.2. The van der Waals surface area contributed by atoms with Gasteiger partial charge in [0.1, 0.15) is 5.82 Å². The van der Waals surface area contributed by atoms with Gasteiger partial charge in [0.05, 0.1) is 6.61 Å². The van der Waals surface area contributed by atoms with Gasteiger partial charge in [0.25, 0.3) is 5.91 Å². The molecule has 4 nitrogen and oxygen atoms in total. The smallest absolute Gasteiger partial charge is 0.254 e. The molecule has 6 heteroatoms. The predicted octanol–water partition coefficient (Wildman–Crippen LogP) is 2.77. The quantitative estimate of drug-likeness (QED) is 0.814. The molecule has 1 aliphatic heterocycles. The van der Waals surface area contributed by atoms with Crippen LogP contribution in [-0.2, 0) is 4.74 Å². The summed E-state index contributed by atoms with van der Waals surface area (Å²) >= 11 is 3.23. The molecule has 1 aliphatic rings. The first-order chi connectivity index (χ1) is 10.4. The van der Waals surface area contributed by atoms with Crippen LogP contribution in [-0.4, -0.2) is 61.1 Å². The van der Waals surface area contributed by atoms with Crippen LogP contribution in [0.3, 0.4) is 0 Å². The van der Waals surface area contributed by atoms with Gasteiger partial charge in [-0.3, -0.25) is 9.69 Å². The average Bonchev–Trinajstić information content (AvgIpc) is 2.44. The molecule has 0 aliphatic carbocycles. The van der Waals surface area contributed by atoms with Crippen molar-refractivity contribution >= 4 is 21.8 Å². The fourth-order valence-corrected chi connectivity index (χ4v) is 3.49. The summed E-state index contributed by atoms with van der Waals surface area (Å²) in [7, 11) is 1.69. The summed E-state index contributed by atoms with van der Waals surface area (Å²) < 4.78 is 19.2. The average molecular weight is 373 g/mol. The lowest BCUT2D eigenvalue weighted by Crippen LogP contribution is -2.58. The first kappa shape index (κ1) is 17.4. The van der Waals surface area contributed by atoms with Gasteiger partial charge in [0.15, 0.2) is 0 Å². The van der Waals surface area contributed by atoms with Crippen LogP contribution >= 0.6 is 15.9 Å². The third-order valence-corrected chi connectivity index (χ3v) is 4.51. The summed E-state index contributed by atoms with van der Waals surface area (Å²) in [6.45, 7) is 7.02. The van der Waals surface area contributed by atoms with Gasteiger partial charge < -0.3 is 9.64 Å². The molecule has 1 heterocycles. The molecule has 1 aromatic carbocycles. The van der Waals surface area contributed by atoms with Gasteiger partial charge in [-0.1, -0.05) is 15.9 Å². The summed E-state index contributed by atoms with van der Waals surface area (Å²) in [6.07, 6.45) is 0. The molecule has 0 radical (unpaired) electrons. The summed E-state index contributed by atoms with van der Waals surface area (Å²) in [6, 6.07) is 4.81. The van der Waals surface area contributed by atoms with Crippen LogP contribution in [0.25, 0.3) is 0 Å². The largest absolute Gasteiger partial charge is 0.383 e. The number of piperazine rings is 1. The lowest BCUT2D eigenvalue weighted by Gasteiger charge is -2.44. The van der Waals surface area contributed by atoms with Crippen molar-refractivity contribution in [3.05, 3.63) is 34.1 Å². The van der Waals surface area contributed by atoms with Crippen molar-refractivity contribution in [3.8, 4) is 0 Å². The Bertz CT molecular complexity index is 509. The summed E-state index contributed by atoms with van der Waals surface area (Å²) in [4.78, 5) is 16.8. The zero-order valence-corrected chi connectivity index (χ0v) is 14.8. The standard InChI is InChI=1S/C16H22BrFN2O2/c1-11-9-19(10-12(2)20(11)4-5-22-3)16(21)13-6-14(17)8-15(18)7-13/h6-8,11-12H,4-5,9-10H2,1-3H3. The minimum atomic E-state index is -0.405. The third kappa shape index (κ3) is 4.06. The number of ether oxygens (including phenoxy) is 1. The molecular weight excluding hydrogens is 351 g/mol. The fraction of sp³-hybridized carbons (Fsp3) is 0.562. The van der Waals surface area contributed by atoms with E-state index in [4.69, 9.17) is 4.74 Å². The van der Waals surface area contributed by atoms with Crippen molar-refractivity contribution < 1.29 is 13.9 Å². The van der Waals surface area contributed by atoms with E-state index < -0.39 is 5.82 Å². The minimum absolute atomic E-state index is 0.120. The maximum absolute atomic E-state index is 13.5. The maximum Gasteiger partial charge on any atom is 0.254 e. The molecule has 2 atom stereocenters. The second kappa shape index (κ2) is 7.53. The number of hydrogen-bond acceptors (Lipinski definition) is 3. The monoisotopic (exact) mass is 372 g/mol. The molecule has 0 spiro atoms. The van der Waals surface area contributed by atoms with Crippen molar-refractivity contribution in [2.75, 3.05) is 33.4 Å². The molecule has 2 unspecified atom stereocenters. The number of methoxy groups -OCH3 is 1. The Morgan fingerprint density at radius 3 is 2.50 bits per heavy atom. The number of benzene rings is 1. The molecule has 22 heavy (non-hydrogen) atoms. The van der Waals surface area contributed by atoms with Gasteiger partial charge in [-0.25, -0.2) is 4.39 Å². The molecule has 1 aromatic rings. The predicted molar refractivity (Wildman–Crippen MR) is 87.5 cm³/mol. The highest BCUT2D eigenvalue weighted by atomic mass is 79.9. The van der Waals surface area contributed by atoms with Gasteiger partial charge in [-0.15, -0.1) is 0 Å². The maximum atomic E-state index is 13.5. The first-order valence-corrected chi connectivity index (χ1v) is 8.21. The summed E-state index contributed by atoms with van der Waals surface area (Å²) in [5.74, 6) is -0.525. The Labute approximate surface area is 139 Å². The van der Waals surface area contributed by atoms with Crippen LogP contribution in [0, 0.1) is 5.82 Å². The number of hydrogen-bond donors (Lipinski definition) is 0. The van der Waals surface area contributed by atoms with E-state index in [9.17, 15) is 9.18 Å². The van der Waals surface area contributed by atoms with Gasteiger partial charge in [-0.2, -0.15) is 0 Å². The highest BCUT2D eigenvalue weighted by Crippen LogP contribution is 2.20. The van der Waals surface area contributed by atoms with Crippen LogP contribution in [0.15, 0.2) is 22.7 Å². The van der Waals surface area contributed by atoms with Crippen LogP contribution in [0.5, 0.6) is 0 Å². The molecular formula is C16H22BrFN2O2. The van der Waals surface area contributed by atoms with Crippen LogP contribution < -0.4 is 0 Å². The molecule has 122 valence electrons. The van der Waals surface area contributed by atoms with E-state index in [0.717, 1.165) is 6.54 Å². The molecule has 0 N–H and O–H groups in total. The number of nitrogens with zero attached hydrogens (tertiary/aromatic N) is 2. The van der Waals surface area contributed by atoms with E-state index in [1.54, 1.807) is 18.1 Å². The lowest BCUT2D eigenvalue weighted by atomic mass is 10.1. The summed E-state index contributed by atoms with van der Waals surface area (Å²) in [5.41, 5.74) is 0.386. The number of halogens is 2. The SMILES string of the molecule is COCCN1C(C)CN(C(=O)c2cc(F)cc(Br)c2)CC1C. The Kier molecular flexibility index (Phi) is 5.94. The van der Waals surface area contributed by atoms with Gasteiger partial charge >= 0.3 is 0 Å². The molecule has 0 aromatic heterocycles. The number of amides is 1. The van der Waals surface area contributed by atoms with E-state index in [1.165, 1.54) is 12.1 Å². The molecule has 0 bridgehead atoms. The van der Waals surface area contributed by atoms with Crippen molar-refractivity contribution in [2.45, 2.75) is 25.9 Å². The van der Waals surface area contributed by atoms with Gasteiger partial charge in [0, 0.05) is 48.9 Å². The van der Waals surface area contributed by atoms with Gasteiger partial charge in [-0.05, 0) is 32.0 Å². The van der Waals surface area contributed by atoms with Crippen LogP contribution in [0.2, 0.25) is 0 Å². The number of rotatable bonds is 4. The van der Waals surface area contributed by atoms with Crippen LogP contribution in [0.4, 0.5) is 4.39 Å². The Morgan fingerprint density at radius 1 is 1.32 bits per heavy atom. The van der Waals surface area contributed by atoms with Crippen molar-refractivity contribution in [1.29, 1.82) is 0 Å². The van der Waals surface area contributed by atoms with E-state index in [2.05, 4.69) is 34.7 Å². The lowest BCUT2D eigenvalue weighted by molar-refractivity contribution is 0.0193. The molecule has 1 fully saturated rings. The third-order valence-electron chi connectivity index (χ3n) is 4.05. The molecule has 1 amide bonds. The normalized spacial score (nSPS) is 22.9. The van der Waals surface area contributed by atoms with E-state index in [-0.39, 0.29) is 18.0 Å².